The molecular weight excluding hydrogens is 232 g/mol. The summed E-state index contributed by atoms with van der Waals surface area (Å²) < 4.78 is 2.63. The molecule has 0 radical (unpaired) electrons. The van der Waals surface area contributed by atoms with Gasteiger partial charge in [-0.3, -0.25) is 0 Å². The first-order valence-corrected chi connectivity index (χ1v) is 4.54. The minimum Gasteiger partial charge on any atom is -0.242 e. The van der Waals surface area contributed by atoms with Gasteiger partial charge in [-0.1, -0.05) is 0 Å². The van der Waals surface area contributed by atoms with Crippen LogP contribution in [0.4, 0.5) is 0 Å². The third kappa shape index (κ3) is 1.75. The predicted molar refractivity (Wildman–Crippen MR) is 51.6 cm³/mol. The van der Waals surface area contributed by atoms with Crippen LogP contribution in [0.1, 0.15) is 5.69 Å². The van der Waals surface area contributed by atoms with E-state index in [4.69, 9.17) is 0 Å². The summed E-state index contributed by atoms with van der Waals surface area (Å²) >= 11 is 3.32. The van der Waals surface area contributed by atoms with Crippen molar-refractivity contribution in [2.24, 2.45) is 0 Å². The third-order valence-electron chi connectivity index (χ3n) is 1.58. The van der Waals surface area contributed by atoms with Crippen molar-refractivity contribution < 1.29 is 0 Å². The van der Waals surface area contributed by atoms with Crippen molar-refractivity contribution >= 4 is 15.9 Å². The molecule has 0 fully saturated rings. The van der Waals surface area contributed by atoms with Crippen molar-refractivity contribution in [3.8, 4) is 5.82 Å². The lowest BCUT2D eigenvalue weighted by molar-refractivity contribution is 0.834. The number of nitrogens with zero attached hydrogens (tertiary/aromatic N) is 4. The number of hydrogen-bond acceptors (Lipinski definition) is 3. The van der Waals surface area contributed by atoms with E-state index in [1.807, 2.05) is 19.2 Å². The molecule has 2 heterocycles. The Bertz CT molecular complexity index is 424. The second-order valence-corrected chi connectivity index (χ2v) is 3.54. The summed E-state index contributed by atoms with van der Waals surface area (Å²) in [4.78, 5) is 8.10. The van der Waals surface area contributed by atoms with Gasteiger partial charge < -0.3 is 0 Å². The summed E-state index contributed by atoms with van der Waals surface area (Å²) in [5, 5.41) is 4.11. The van der Waals surface area contributed by atoms with Crippen LogP contribution in [0.5, 0.6) is 0 Å². The number of aromatic nitrogens is 4. The van der Waals surface area contributed by atoms with Crippen LogP contribution >= 0.6 is 15.9 Å². The highest BCUT2D eigenvalue weighted by atomic mass is 79.9. The van der Waals surface area contributed by atoms with E-state index >= 15 is 0 Å². The van der Waals surface area contributed by atoms with Crippen molar-refractivity contribution in [3.05, 3.63) is 35.0 Å². The smallest absolute Gasteiger partial charge is 0.156 e. The minimum atomic E-state index is 0.776. The lowest BCUT2D eigenvalue weighted by Gasteiger charge is -1.98. The van der Waals surface area contributed by atoms with Gasteiger partial charge in [-0.2, -0.15) is 5.10 Å². The van der Waals surface area contributed by atoms with Crippen LogP contribution in [0, 0.1) is 6.92 Å². The quantitative estimate of drug-likeness (QED) is 0.761. The van der Waals surface area contributed by atoms with Gasteiger partial charge in [-0.15, -0.1) is 0 Å². The van der Waals surface area contributed by atoms with Crippen molar-refractivity contribution in [3.63, 3.8) is 0 Å². The van der Waals surface area contributed by atoms with Gasteiger partial charge in [0.25, 0.3) is 0 Å². The van der Waals surface area contributed by atoms with Crippen LogP contribution in [-0.4, -0.2) is 19.7 Å². The molecule has 0 bridgehead atoms. The SMILES string of the molecule is Cc1cc(-n2cc(Br)cn2)ncn1. The largest absolute Gasteiger partial charge is 0.242 e. The second-order valence-electron chi connectivity index (χ2n) is 2.62. The molecule has 2 aromatic rings. The number of aryl methyl sites for hydroxylation is 1. The molecule has 0 spiro atoms. The molecule has 13 heavy (non-hydrogen) atoms. The van der Waals surface area contributed by atoms with Crippen molar-refractivity contribution in [2.75, 3.05) is 0 Å². The van der Waals surface area contributed by atoms with Gasteiger partial charge in [0.05, 0.1) is 10.7 Å². The van der Waals surface area contributed by atoms with Crippen LogP contribution < -0.4 is 0 Å². The lowest BCUT2D eigenvalue weighted by atomic mass is 10.4. The average Bonchev–Trinajstić information content (AvgIpc) is 2.52. The first kappa shape index (κ1) is 8.37. The van der Waals surface area contributed by atoms with E-state index < -0.39 is 0 Å². The topological polar surface area (TPSA) is 43.6 Å². The fourth-order valence-corrected chi connectivity index (χ4v) is 1.28. The summed E-state index contributed by atoms with van der Waals surface area (Å²) in [5.74, 6) is 0.776. The van der Waals surface area contributed by atoms with E-state index in [-0.39, 0.29) is 0 Å². The van der Waals surface area contributed by atoms with Crippen LogP contribution in [0.15, 0.2) is 29.3 Å². The van der Waals surface area contributed by atoms with E-state index in [2.05, 4.69) is 31.0 Å². The molecule has 2 rings (SSSR count). The maximum absolute atomic E-state index is 4.11. The molecule has 0 N–H and O–H groups in total. The highest BCUT2D eigenvalue weighted by Crippen LogP contribution is 2.10. The minimum absolute atomic E-state index is 0.776. The van der Waals surface area contributed by atoms with Crippen LogP contribution in [0.2, 0.25) is 0 Å². The molecule has 0 aliphatic rings. The molecular formula is C8H7BrN4. The van der Waals surface area contributed by atoms with Gasteiger partial charge in [-0.25, -0.2) is 14.6 Å². The molecule has 0 aromatic carbocycles. The van der Waals surface area contributed by atoms with E-state index in [1.54, 1.807) is 10.9 Å². The zero-order chi connectivity index (χ0) is 9.26. The third-order valence-corrected chi connectivity index (χ3v) is 1.98. The Morgan fingerprint density at radius 2 is 2.23 bits per heavy atom. The Labute approximate surface area is 83.8 Å². The molecule has 0 saturated heterocycles. The molecule has 0 atom stereocenters. The predicted octanol–water partition coefficient (Wildman–Crippen LogP) is 1.73. The first-order valence-electron chi connectivity index (χ1n) is 3.75. The highest BCUT2D eigenvalue weighted by Gasteiger charge is 1.99. The van der Waals surface area contributed by atoms with Crippen LogP contribution in [0.3, 0.4) is 0 Å². The van der Waals surface area contributed by atoms with Gasteiger partial charge in [0.1, 0.15) is 6.33 Å². The van der Waals surface area contributed by atoms with E-state index in [9.17, 15) is 0 Å². The fraction of sp³-hybridized carbons (Fsp3) is 0.125. The Balaban J connectivity index is 2.46. The van der Waals surface area contributed by atoms with Gasteiger partial charge in [0.15, 0.2) is 5.82 Å². The molecule has 2 aromatic heterocycles. The van der Waals surface area contributed by atoms with Gasteiger partial charge in [-0.05, 0) is 22.9 Å². The van der Waals surface area contributed by atoms with E-state index in [1.165, 1.54) is 6.33 Å². The molecule has 0 unspecified atom stereocenters. The molecule has 0 amide bonds. The molecule has 66 valence electrons. The molecule has 0 aliphatic carbocycles. The maximum Gasteiger partial charge on any atom is 0.156 e. The van der Waals surface area contributed by atoms with Crippen molar-refractivity contribution in [1.29, 1.82) is 0 Å². The number of hydrogen-bond donors (Lipinski definition) is 0. The van der Waals surface area contributed by atoms with Gasteiger partial charge in [0.2, 0.25) is 0 Å². The van der Waals surface area contributed by atoms with E-state index in [0.717, 1.165) is 16.0 Å². The Kier molecular flexibility index (Phi) is 2.10. The normalized spacial score (nSPS) is 10.3. The molecule has 4 nitrogen and oxygen atoms in total. The standard InChI is InChI=1S/C8H7BrN4/c1-6-2-8(11-5-10-6)13-4-7(9)3-12-13/h2-5H,1H3. The Morgan fingerprint density at radius 1 is 1.38 bits per heavy atom. The first-order chi connectivity index (χ1) is 6.25. The summed E-state index contributed by atoms with van der Waals surface area (Å²) in [5.41, 5.74) is 0.927. The van der Waals surface area contributed by atoms with Crippen molar-refractivity contribution in [1.82, 2.24) is 19.7 Å². The monoisotopic (exact) mass is 238 g/mol. The molecule has 5 heteroatoms. The lowest BCUT2D eigenvalue weighted by Crippen LogP contribution is -1.98. The molecule has 0 aliphatic heterocycles. The maximum atomic E-state index is 4.11. The Hall–Kier alpha value is -1.23. The van der Waals surface area contributed by atoms with Crippen LogP contribution in [-0.2, 0) is 0 Å². The van der Waals surface area contributed by atoms with Gasteiger partial charge >= 0.3 is 0 Å². The second kappa shape index (κ2) is 3.26. The Morgan fingerprint density at radius 3 is 2.85 bits per heavy atom. The average molecular weight is 239 g/mol. The zero-order valence-corrected chi connectivity index (χ0v) is 8.56. The summed E-state index contributed by atoms with van der Waals surface area (Å²) in [7, 11) is 0. The number of halogens is 1. The van der Waals surface area contributed by atoms with Crippen molar-refractivity contribution in [2.45, 2.75) is 6.92 Å². The van der Waals surface area contributed by atoms with Gasteiger partial charge in [0, 0.05) is 18.0 Å². The zero-order valence-electron chi connectivity index (χ0n) is 6.98. The van der Waals surface area contributed by atoms with E-state index in [0.29, 0.717) is 0 Å². The number of rotatable bonds is 1. The highest BCUT2D eigenvalue weighted by molar-refractivity contribution is 9.10. The summed E-state index contributed by atoms with van der Waals surface area (Å²) in [6.07, 6.45) is 5.10. The fourth-order valence-electron chi connectivity index (χ4n) is 0.992. The summed E-state index contributed by atoms with van der Waals surface area (Å²) in [6, 6.07) is 1.87. The molecule has 0 saturated carbocycles. The van der Waals surface area contributed by atoms with Crippen LogP contribution in [0.25, 0.3) is 5.82 Å². The summed E-state index contributed by atoms with van der Waals surface area (Å²) in [6.45, 7) is 1.92.